The van der Waals surface area contributed by atoms with Crippen LogP contribution < -0.4 is 10.1 Å². The average molecular weight is 343 g/mol. The lowest BCUT2D eigenvalue weighted by Crippen LogP contribution is -2.27. The van der Waals surface area contributed by atoms with Gasteiger partial charge in [0.2, 0.25) is 0 Å². The molecule has 0 atom stereocenters. The lowest BCUT2D eigenvalue weighted by molar-refractivity contribution is 0.0952. The maximum Gasteiger partial charge on any atom is 0.263 e. The highest BCUT2D eigenvalue weighted by Gasteiger charge is 2.18. The number of carbonyl (C=O) groups excluding carboxylic acids is 1. The summed E-state index contributed by atoms with van der Waals surface area (Å²) >= 11 is 1.42. The lowest BCUT2D eigenvalue weighted by Gasteiger charge is -2.06. The summed E-state index contributed by atoms with van der Waals surface area (Å²) in [5.41, 5.74) is 2.83. The van der Waals surface area contributed by atoms with E-state index in [1.54, 1.807) is 7.11 Å². The molecule has 0 aliphatic carbocycles. The van der Waals surface area contributed by atoms with Gasteiger partial charge in [0.1, 0.15) is 10.6 Å². The number of imidazole rings is 1. The van der Waals surface area contributed by atoms with Crippen LogP contribution in [0.1, 0.15) is 29.2 Å². The summed E-state index contributed by atoms with van der Waals surface area (Å²) in [6, 6.07) is 7.80. The van der Waals surface area contributed by atoms with Gasteiger partial charge in [-0.25, -0.2) is 4.98 Å². The van der Waals surface area contributed by atoms with E-state index in [1.807, 2.05) is 41.8 Å². The summed E-state index contributed by atoms with van der Waals surface area (Å²) in [7, 11) is 1.65. The van der Waals surface area contributed by atoms with Gasteiger partial charge in [-0.1, -0.05) is 25.2 Å². The molecule has 1 amide bonds. The summed E-state index contributed by atoms with van der Waals surface area (Å²) in [6.07, 6.45) is 1.97. The molecule has 0 unspecified atom stereocenters. The first-order chi connectivity index (χ1) is 11.5. The van der Waals surface area contributed by atoms with Crippen LogP contribution in [0.25, 0.3) is 16.2 Å². The third-order valence-electron chi connectivity index (χ3n) is 3.82. The number of carbonyl (C=O) groups is 1. The second-order valence-corrected chi connectivity index (χ2v) is 7.11. The SMILES string of the molecule is COc1ccc(-c2cn3c(C)c(C(=O)NCC(C)C)sc3n2)cc1. The monoisotopic (exact) mass is 343 g/mol. The van der Waals surface area contributed by atoms with E-state index in [1.165, 1.54) is 11.3 Å². The zero-order valence-corrected chi connectivity index (χ0v) is 15.1. The number of amides is 1. The summed E-state index contributed by atoms with van der Waals surface area (Å²) in [4.78, 5) is 18.5. The van der Waals surface area contributed by atoms with Crippen molar-refractivity contribution in [3.05, 3.63) is 41.0 Å². The normalized spacial score (nSPS) is 11.2. The summed E-state index contributed by atoms with van der Waals surface area (Å²) in [5, 5.41) is 2.97. The van der Waals surface area contributed by atoms with Gasteiger partial charge in [0, 0.05) is 24.0 Å². The minimum absolute atomic E-state index is 0.0253. The Bertz CT molecular complexity index is 862. The minimum atomic E-state index is -0.0253. The smallest absolute Gasteiger partial charge is 0.263 e. The van der Waals surface area contributed by atoms with Crippen LogP contribution in [0.4, 0.5) is 0 Å². The molecule has 0 bridgehead atoms. The first kappa shape index (κ1) is 16.5. The fourth-order valence-electron chi connectivity index (χ4n) is 2.44. The Kier molecular flexibility index (Phi) is 4.57. The fraction of sp³-hybridized carbons (Fsp3) is 0.333. The van der Waals surface area contributed by atoms with Crippen LogP contribution in [-0.2, 0) is 0 Å². The van der Waals surface area contributed by atoms with Crippen LogP contribution in [-0.4, -0.2) is 28.9 Å². The number of ether oxygens (including phenoxy) is 1. The van der Waals surface area contributed by atoms with E-state index in [9.17, 15) is 4.79 Å². The third-order valence-corrected chi connectivity index (χ3v) is 4.98. The van der Waals surface area contributed by atoms with E-state index in [4.69, 9.17) is 4.74 Å². The number of methoxy groups -OCH3 is 1. The summed E-state index contributed by atoms with van der Waals surface area (Å²) in [5.74, 6) is 1.22. The van der Waals surface area contributed by atoms with Gasteiger partial charge in [-0.2, -0.15) is 0 Å². The van der Waals surface area contributed by atoms with Crippen molar-refractivity contribution in [2.24, 2.45) is 5.92 Å². The number of hydrogen-bond donors (Lipinski definition) is 1. The highest BCUT2D eigenvalue weighted by molar-refractivity contribution is 7.19. The Balaban J connectivity index is 1.88. The van der Waals surface area contributed by atoms with Crippen LogP contribution in [0.3, 0.4) is 0 Å². The molecule has 2 aromatic heterocycles. The molecular formula is C18H21N3O2S. The molecule has 1 aromatic carbocycles. The van der Waals surface area contributed by atoms with Gasteiger partial charge in [0.05, 0.1) is 12.8 Å². The molecule has 1 N–H and O–H groups in total. The minimum Gasteiger partial charge on any atom is -0.497 e. The molecule has 0 aliphatic rings. The molecule has 0 spiro atoms. The first-order valence-corrected chi connectivity index (χ1v) is 8.72. The average Bonchev–Trinajstić information content (AvgIpc) is 3.12. The number of nitrogens with one attached hydrogen (secondary N) is 1. The van der Waals surface area contributed by atoms with Crippen molar-refractivity contribution in [1.29, 1.82) is 0 Å². The number of nitrogens with zero attached hydrogens (tertiary/aromatic N) is 2. The molecule has 5 nitrogen and oxygen atoms in total. The quantitative estimate of drug-likeness (QED) is 0.767. The fourth-order valence-corrected chi connectivity index (χ4v) is 3.46. The van der Waals surface area contributed by atoms with Gasteiger partial charge in [-0.05, 0) is 37.1 Å². The summed E-state index contributed by atoms with van der Waals surface area (Å²) < 4.78 is 7.16. The zero-order chi connectivity index (χ0) is 17.3. The van der Waals surface area contributed by atoms with Gasteiger partial charge in [-0.3, -0.25) is 9.20 Å². The predicted octanol–water partition coefficient (Wildman–Crippen LogP) is 3.77. The molecule has 24 heavy (non-hydrogen) atoms. The summed E-state index contributed by atoms with van der Waals surface area (Å²) in [6.45, 7) is 6.79. The van der Waals surface area contributed by atoms with Gasteiger partial charge in [0.25, 0.3) is 5.91 Å². The lowest BCUT2D eigenvalue weighted by atomic mass is 10.2. The highest BCUT2D eigenvalue weighted by Crippen LogP contribution is 2.28. The third kappa shape index (κ3) is 3.14. The van der Waals surface area contributed by atoms with Crippen molar-refractivity contribution in [3.8, 4) is 17.0 Å². The zero-order valence-electron chi connectivity index (χ0n) is 14.3. The van der Waals surface area contributed by atoms with E-state index in [0.29, 0.717) is 12.5 Å². The van der Waals surface area contributed by atoms with Crippen molar-refractivity contribution in [2.45, 2.75) is 20.8 Å². The highest BCUT2D eigenvalue weighted by atomic mass is 32.1. The van der Waals surface area contributed by atoms with Crippen molar-refractivity contribution in [2.75, 3.05) is 13.7 Å². The van der Waals surface area contributed by atoms with Crippen molar-refractivity contribution in [3.63, 3.8) is 0 Å². The topological polar surface area (TPSA) is 55.6 Å². The number of fused-ring (bicyclic) bond motifs is 1. The van der Waals surface area contributed by atoms with Crippen LogP contribution in [0.2, 0.25) is 0 Å². The largest absolute Gasteiger partial charge is 0.497 e. The van der Waals surface area contributed by atoms with Crippen LogP contribution in [0.5, 0.6) is 5.75 Å². The van der Waals surface area contributed by atoms with Crippen molar-refractivity contribution < 1.29 is 9.53 Å². The Hall–Kier alpha value is -2.34. The van der Waals surface area contributed by atoms with E-state index >= 15 is 0 Å². The van der Waals surface area contributed by atoms with Crippen LogP contribution >= 0.6 is 11.3 Å². The van der Waals surface area contributed by atoms with Gasteiger partial charge in [0.15, 0.2) is 4.96 Å². The Morgan fingerprint density at radius 1 is 1.33 bits per heavy atom. The molecule has 6 heteroatoms. The van der Waals surface area contributed by atoms with Gasteiger partial charge in [-0.15, -0.1) is 0 Å². The van der Waals surface area contributed by atoms with Gasteiger partial charge >= 0.3 is 0 Å². The van der Waals surface area contributed by atoms with Crippen LogP contribution in [0, 0.1) is 12.8 Å². The van der Waals surface area contributed by atoms with Gasteiger partial charge < -0.3 is 10.1 Å². The Labute approximate surface area is 145 Å². The van der Waals surface area contributed by atoms with E-state index in [0.717, 1.165) is 32.5 Å². The van der Waals surface area contributed by atoms with Crippen molar-refractivity contribution in [1.82, 2.24) is 14.7 Å². The number of hydrogen-bond acceptors (Lipinski definition) is 4. The Morgan fingerprint density at radius 2 is 2.04 bits per heavy atom. The molecule has 3 aromatic rings. The molecule has 0 aliphatic heterocycles. The molecule has 0 fully saturated rings. The number of thiazole rings is 1. The van der Waals surface area contributed by atoms with E-state index in [2.05, 4.69) is 24.1 Å². The number of benzene rings is 1. The Morgan fingerprint density at radius 3 is 2.62 bits per heavy atom. The standard InChI is InChI=1S/C18H21N3O2S/c1-11(2)9-19-17(22)16-12(3)21-10-15(20-18(21)24-16)13-5-7-14(23-4)8-6-13/h5-8,10-11H,9H2,1-4H3,(H,19,22). The molecule has 0 saturated heterocycles. The second kappa shape index (κ2) is 6.65. The number of rotatable bonds is 5. The molecule has 126 valence electrons. The van der Waals surface area contributed by atoms with E-state index < -0.39 is 0 Å². The number of aryl methyl sites for hydroxylation is 1. The number of aromatic nitrogens is 2. The first-order valence-electron chi connectivity index (χ1n) is 7.90. The predicted molar refractivity (Wildman–Crippen MR) is 97.0 cm³/mol. The maximum absolute atomic E-state index is 12.3. The molecular weight excluding hydrogens is 322 g/mol. The molecule has 0 radical (unpaired) electrons. The maximum atomic E-state index is 12.3. The molecule has 2 heterocycles. The second-order valence-electron chi connectivity index (χ2n) is 6.13. The molecule has 0 saturated carbocycles. The van der Waals surface area contributed by atoms with Crippen LogP contribution in [0.15, 0.2) is 30.5 Å². The van der Waals surface area contributed by atoms with E-state index in [-0.39, 0.29) is 5.91 Å². The molecule has 3 rings (SSSR count). The van der Waals surface area contributed by atoms with Crippen molar-refractivity contribution >= 4 is 22.2 Å².